The van der Waals surface area contributed by atoms with Gasteiger partial charge in [0.15, 0.2) is 0 Å². The van der Waals surface area contributed by atoms with Gasteiger partial charge in [0.2, 0.25) is 0 Å². The summed E-state index contributed by atoms with van der Waals surface area (Å²) in [4.78, 5) is 0. The molecule has 12 heavy (non-hydrogen) atoms. The molecule has 2 rings (SSSR count). The Balaban J connectivity index is 0.000000720. The second-order valence-corrected chi connectivity index (χ2v) is 3.22. The third kappa shape index (κ3) is 2.33. The third-order valence-electron chi connectivity index (χ3n) is 2.36. The zero-order valence-corrected chi connectivity index (χ0v) is 7.94. The zero-order valence-electron chi connectivity index (χ0n) is 7.12. The largest absolute Gasteiger partial charge is 0.381 e. The summed E-state index contributed by atoms with van der Waals surface area (Å²) >= 11 is 0. The highest BCUT2D eigenvalue weighted by molar-refractivity contribution is 5.85. The van der Waals surface area contributed by atoms with E-state index in [1.54, 1.807) is 0 Å². The van der Waals surface area contributed by atoms with E-state index in [2.05, 4.69) is 5.32 Å². The SMILES string of the molecule is C1CNC(C2CCOC2)OC1.Cl. The van der Waals surface area contributed by atoms with Crippen LogP contribution in [0.25, 0.3) is 0 Å². The van der Waals surface area contributed by atoms with Crippen molar-refractivity contribution in [3.05, 3.63) is 0 Å². The van der Waals surface area contributed by atoms with E-state index in [0.29, 0.717) is 5.92 Å². The summed E-state index contributed by atoms with van der Waals surface area (Å²) in [5, 5.41) is 3.36. The van der Waals surface area contributed by atoms with Crippen LogP contribution in [0.1, 0.15) is 12.8 Å². The number of ether oxygens (including phenoxy) is 2. The highest BCUT2D eigenvalue weighted by atomic mass is 35.5. The summed E-state index contributed by atoms with van der Waals surface area (Å²) in [6.07, 6.45) is 2.56. The van der Waals surface area contributed by atoms with Gasteiger partial charge in [-0.3, -0.25) is 5.32 Å². The van der Waals surface area contributed by atoms with Crippen LogP contribution < -0.4 is 5.32 Å². The van der Waals surface area contributed by atoms with Crippen LogP contribution in [0.2, 0.25) is 0 Å². The molecule has 0 radical (unpaired) electrons. The zero-order chi connectivity index (χ0) is 7.52. The average Bonchev–Trinajstić information content (AvgIpc) is 2.58. The Hall–Kier alpha value is 0.170. The van der Waals surface area contributed by atoms with Crippen molar-refractivity contribution >= 4 is 12.4 Å². The van der Waals surface area contributed by atoms with Gasteiger partial charge in [-0.2, -0.15) is 0 Å². The minimum absolute atomic E-state index is 0. The monoisotopic (exact) mass is 193 g/mol. The normalized spacial score (nSPS) is 36.0. The fourth-order valence-corrected chi connectivity index (χ4v) is 1.68. The van der Waals surface area contributed by atoms with Crippen LogP contribution >= 0.6 is 12.4 Å². The number of rotatable bonds is 1. The molecule has 0 saturated carbocycles. The molecule has 4 heteroatoms. The minimum atomic E-state index is 0. The molecular formula is C8H16ClNO2. The van der Waals surface area contributed by atoms with E-state index in [-0.39, 0.29) is 18.6 Å². The van der Waals surface area contributed by atoms with Crippen molar-refractivity contribution in [2.75, 3.05) is 26.4 Å². The van der Waals surface area contributed by atoms with Gasteiger partial charge in [0.05, 0.1) is 6.61 Å². The fraction of sp³-hybridized carbons (Fsp3) is 1.00. The molecule has 0 aromatic carbocycles. The van der Waals surface area contributed by atoms with E-state index in [1.165, 1.54) is 0 Å². The van der Waals surface area contributed by atoms with Gasteiger partial charge in [-0.15, -0.1) is 12.4 Å². The van der Waals surface area contributed by atoms with Gasteiger partial charge in [-0.25, -0.2) is 0 Å². The van der Waals surface area contributed by atoms with Crippen LogP contribution in [-0.4, -0.2) is 32.6 Å². The highest BCUT2D eigenvalue weighted by Gasteiger charge is 2.27. The summed E-state index contributed by atoms with van der Waals surface area (Å²) in [6, 6.07) is 0. The maximum atomic E-state index is 5.57. The Kier molecular flexibility index (Phi) is 4.29. The first-order valence-corrected chi connectivity index (χ1v) is 4.39. The highest BCUT2D eigenvalue weighted by Crippen LogP contribution is 2.18. The molecule has 1 N–H and O–H groups in total. The molecule has 0 spiro atoms. The van der Waals surface area contributed by atoms with Gasteiger partial charge < -0.3 is 9.47 Å². The molecule has 3 nitrogen and oxygen atoms in total. The van der Waals surface area contributed by atoms with Crippen molar-refractivity contribution in [2.24, 2.45) is 5.92 Å². The maximum absolute atomic E-state index is 5.57. The fourth-order valence-electron chi connectivity index (χ4n) is 1.68. The Morgan fingerprint density at radius 3 is 2.75 bits per heavy atom. The summed E-state index contributed by atoms with van der Waals surface area (Å²) in [5.41, 5.74) is 0. The van der Waals surface area contributed by atoms with Crippen molar-refractivity contribution < 1.29 is 9.47 Å². The lowest BCUT2D eigenvalue weighted by Crippen LogP contribution is -2.43. The third-order valence-corrected chi connectivity index (χ3v) is 2.36. The Morgan fingerprint density at radius 2 is 2.17 bits per heavy atom. The Labute approximate surface area is 79.2 Å². The molecule has 0 aliphatic carbocycles. The summed E-state index contributed by atoms with van der Waals surface area (Å²) in [5.74, 6) is 0.593. The summed E-state index contributed by atoms with van der Waals surface area (Å²) in [6.45, 7) is 3.79. The van der Waals surface area contributed by atoms with Crippen LogP contribution in [-0.2, 0) is 9.47 Å². The van der Waals surface area contributed by atoms with Crippen molar-refractivity contribution in [1.82, 2.24) is 5.32 Å². The van der Waals surface area contributed by atoms with E-state index < -0.39 is 0 Å². The van der Waals surface area contributed by atoms with Gasteiger partial charge in [0.1, 0.15) is 6.23 Å². The number of nitrogens with one attached hydrogen (secondary N) is 1. The van der Waals surface area contributed by atoms with E-state index in [9.17, 15) is 0 Å². The van der Waals surface area contributed by atoms with Gasteiger partial charge in [-0.1, -0.05) is 0 Å². The minimum Gasteiger partial charge on any atom is -0.381 e. The lowest BCUT2D eigenvalue weighted by atomic mass is 10.1. The quantitative estimate of drug-likeness (QED) is 0.668. The predicted molar refractivity (Wildman–Crippen MR) is 48.5 cm³/mol. The van der Waals surface area contributed by atoms with Crippen LogP contribution in [0.4, 0.5) is 0 Å². The molecule has 0 aromatic rings. The van der Waals surface area contributed by atoms with E-state index >= 15 is 0 Å². The molecule has 2 atom stereocenters. The van der Waals surface area contributed by atoms with Crippen molar-refractivity contribution in [2.45, 2.75) is 19.1 Å². The molecule has 0 bridgehead atoms. The first-order chi connectivity index (χ1) is 5.47. The van der Waals surface area contributed by atoms with Crippen LogP contribution in [0.3, 0.4) is 0 Å². The molecule has 72 valence electrons. The molecule has 2 unspecified atom stereocenters. The Morgan fingerprint density at radius 1 is 1.25 bits per heavy atom. The molecule has 2 saturated heterocycles. The van der Waals surface area contributed by atoms with Crippen LogP contribution in [0, 0.1) is 5.92 Å². The standard InChI is InChI=1S/C8H15NO2.ClH/c1-3-9-8(11-4-1)7-2-5-10-6-7;/h7-9H,1-6H2;1H. The van der Waals surface area contributed by atoms with Crippen molar-refractivity contribution in [1.29, 1.82) is 0 Å². The average molecular weight is 194 g/mol. The second kappa shape index (κ2) is 5.02. The molecular weight excluding hydrogens is 178 g/mol. The van der Waals surface area contributed by atoms with Gasteiger partial charge >= 0.3 is 0 Å². The van der Waals surface area contributed by atoms with Gasteiger partial charge in [0.25, 0.3) is 0 Å². The lowest BCUT2D eigenvalue weighted by molar-refractivity contribution is -0.0372. The van der Waals surface area contributed by atoms with Crippen molar-refractivity contribution in [3.63, 3.8) is 0 Å². The van der Waals surface area contributed by atoms with E-state index in [0.717, 1.165) is 39.2 Å². The summed E-state index contributed by atoms with van der Waals surface area (Å²) < 4.78 is 10.9. The molecule has 2 aliphatic heterocycles. The van der Waals surface area contributed by atoms with Crippen LogP contribution in [0.15, 0.2) is 0 Å². The molecule has 2 aliphatic rings. The second-order valence-electron chi connectivity index (χ2n) is 3.22. The first kappa shape index (κ1) is 10.3. The molecule has 0 aromatic heterocycles. The maximum Gasteiger partial charge on any atom is 0.113 e. The number of halogens is 1. The first-order valence-electron chi connectivity index (χ1n) is 4.39. The lowest BCUT2D eigenvalue weighted by Gasteiger charge is -2.28. The van der Waals surface area contributed by atoms with Crippen molar-refractivity contribution in [3.8, 4) is 0 Å². The summed E-state index contributed by atoms with van der Waals surface area (Å²) in [7, 11) is 0. The van der Waals surface area contributed by atoms with Gasteiger partial charge in [-0.05, 0) is 19.4 Å². The number of hydrogen-bond acceptors (Lipinski definition) is 3. The number of hydrogen-bond donors (Lipinski definition) is 1. The Bertz CT molecular complexity index is 122. The van der Waals surface area contributed by atoms with E-state index in [4.69, 9.17) is 9.47 Å². The van der Waals surface area contributed by atoms with Crippen LogP contribution in [0.5, 0.6) is 0 Å². The predicted octanol–water partition coefficient (Wildman–Crippen LogP) is 0.781. The topological polar surface area (TPSA) is 30.5 Å². The van der Waals surface area contributed by atoms with E-state index in [1.807, 2.05) is 0 Å². The smallest absolute Gasteiger partial charge is 0.113 e. The van der Waals surface area contributed by atoms with Gasteiger partial charge in [0, 0.05) is 19.1 Å². The molecule has 0 amide bonds. The molecule has 2 fully saturated rings. The molecule has 2 heterocycles.